The number of hydrogen-bond acceptors (Lipinski definition) is 3. The summed E-state index contributed by atoms with van der Waals surface area (Å²) in [5.74, 6) is 0.0742. The van der Waals surface area contributed by atoms with Crippen LogP contribution < -0.4 is 5.32 Å². The Hall–Kier alpha value is -0.980. The summed E-state index contributed by atoms with van der Waals surface area (Å²) in [6, 6.07) is 5.41. The predicted octanol–water partition coefficient (Wildman–Crippen LogP) is 1.83. The molecule has 0 bridgehead atoms. The lowest BCUT2D eigenvalue weighted by molar-refractivity contribution is 0.236. The summed E-state index contributed by atoms with van der Waals surface area (Å²) in [5, 5.41) is 3.22. The molecule has 0 aromatic heterocycles. The molecule has 6 heteroatoms. The molecular weight excluding hydrogens is 279 g/mol. The van der Waals surface area contributed by atoms with E-state index >= 15 is 0 Å². The summed E-state index contributed by atoms with van der Waals surface area (Å²) in [6.45, 7) is 3.17. The van der Waals surface area contributed by atoms with Gasteiger partial charge in [-0.3, -0.25) is 0 Å². The molecule has 0 amide bonds. The maximum absolute atomic E-state index is 12.9. The topological polar surface area (TPSA) is 49.4 Å². The first-order valence-electron chi connectivity index (χ1n) is 6.88. The normalized spacial score (nSPS) is 19.9. The van der Waals surface area contributed by atoms with E-state index in [1.807, 2.05) is 7.05 Å². The molecule has 1 aromatic carbocycles. The van der Waals surface area contributed by atoms with Gasteiger partial charge < -0.3 is 5.32 Å². The third kappa shape index (κ3) is 3.19. The molecule has 1 unspecified atom stereocenters. The van der Waals surface area contributed by atoms with E-state index in [0.717, 1.165) is 12.8 Å². The monoisotopic (exact) mass is 300 g/mol. The molecule has 1 N–H and O–H groups in total. The number of nitrogens with one attached hydrogen (secondary N) is 1. The highest BCUT2D eigenvalue weighted by atomic mass is 32.2. The number of rotatable bonds is 4. The summed E-state index contributed by atoms with van der Waals surface area (Å²) in [6.07, 6.45) is 1.70. The molecule has 2 rings (SSSR count). The Morgan fingerprint density at radius 3 is 2.30 bits per heavy atom. The third-order valence-electron chi connectivity index (χ3n) is 4.11. The van der Waals surface area contributed by atoms with Crippen LogP contribution in [0.5, 0.6) is 0 Å². The number of halogens is 1. The first-order valence-corrected chi connectivity index (χ1v) is 8.32. The van der Waals surface area contributed by atoms with Crippen LogP contribution in [0.3, 0.4) is 0 Å². The minimum Gasteiger partial charge on any atom is -0.317 e. The fraction of sp³-hybridized carbons (Fsp3) is 0.571. The lowest BCUT2D eigenvalue weighted by Gasteiger charge is -2.34. The Kier molecular flexibility index (Phi) is 4.78. The Bertz CT molecular complexity index is 537. The van der Waals surface area contributed by atoms with Crippen molar-refractivity contribution in [3.8, 4) is 0 Å². The van der Waals surface area contributed by atoms with E-state index in [1.165, 1.54) is 28.6 Å². The van der Waals surface area contributed by atoms with Gasteiger partial charge in [0.15, 0.2) is 0 Å². The van der Waals surface area contributed by atoms with Crippen molar-refractivity contribution < 1.29 is 12.8 Å². The molecular formula is C14H21FN2O2S. The smallest absolute Gasteiger partial charge is 0.243 e. The molecule has 0 spiro atoms. The molecule has 1 aliphatic heterocycles. The van der Waals surface area contributed by atoms with Crippen LogP contribution >= 0.6 is 0 Å². The number of hydrogen-bond donors (Lipinski definition) is 1. The quantitative estimate of drug-likeness (QED) is 0.923. The van der Waals surface area contributed by atoms with Gasteiger partial charge in [0.1, 0.15) is 5.82 Å². The summed E-state index contributed by atoms with van der Waals surface area (Å²) in [7, 11) is -1.57. The van der Waals surface area contributed by atoms with Crippen LogP contribution in [0, 0.1) is 11.7 Å². The largest absolute Gasteiger partial charge is 0.317 e. The van der Waals surface area contributed by atoms with Gasteiger partial charge in [0, 0.05) is 19.1 Å². The second-order valence-electron chi connectivity index (χ2n) is 5.27. The Morgan fingerprint density at radius 1 is 1.25 bits per heavy atom. The van der Waals surface area contributed by atoms with Crippen molar-refractivity contribution in [1.82, 2.24) is 9.62 Å². The molecule has 112 valence electrons. The van der Waals surface area contributed by atoms with Crippen LogP contribution in [0.4, 0.5) is 4.39 Å². The van der Waals surface area contributed by atoms with Crippen LogP contribution in [-0.2, 0) is 10.0 Å². The zero-order valence-corrected chi connectivity index (χ0v) is 12.7. The molecule has 0 aliphatic carbocycles. The molecule has 20 heavy (non-hydrogen) atoms. The molecule has 1 aliphatic rings. The highest BCUT2D eigenvalue weighted by Crippen LogP contribution is 2.25. The average Bonchev–Trinajstić information content (AvgIpc) is 2.47. The van der Waals surface area contributed by atoms with E-state index in [1.54, 1.807) is 0 Å². The molecule has 0 radical (unpaired) electrons. The number of piperidine rings is 1. The molecule has 1 fully saturated rings. The van der Waals surface area contributed by atoms with Crippen molar-refractivity contribution in [3.05, 3.63) is 30.1 Å². The van der Waals surface area contributed by atoms with Gasteiger partial charge in [-0.25, -0.2) is 12.8 Å². The fourth-order valence-electron chi connectivity index (χ4n) is 2.61. The van der Waals surface area contributed by atoms with E-state index in [2.05, 4.69) is 12.2 Å². The number of sulfonamides is 1. The van der Waals surface area contributed by atoms with Gasteiger partial charge in [-0.2, -0.15) is 4.31 Å². The number of nitrogens with zero attached hydrogens (tertiary/aromatic N) is 1. The van der Waals surface area contributed by atoms with Crippen molar-refractivity contribution in [3.63, 3.8) is 0 Å². The zero-order chi connectivity index (χ0) is 14.8. The van der Waals surface area contributed by atoms with Crippen molar-refractivity contribution in [2.45, 2.75) is 30.7 Å². The molecule has 1 heterocycles. The first kappa shape index (κ1) is 15.4. The SMILES string of the molecule is CNC(C)C1CCN(S(=O)(=O)c2ccc(F)cc2)CC1. The van der Waals surface area contributed by atoms with E-state index in [9.17, 15) is 12.8 Å². The van der Waals surface area contributed by atoms with Crippen LogP contribution in [0.25, 0.3) is 0 Å². The van der Waals surface area contributed by atoms with Gasteiger partial charge >= 0.3 is 0 Å². The van der Waals surface area contributed by atoms with Crippen LogP contribution in [0.15, 0.2) is 29.2 Å². The summed E-state index contributed by atoms with van der Waals surface area (Å²) < 4.78 is 39.2. The molecule has 1 saturated heterocycles. The van der Waals surface area contributed by atoms with Gasteiger partial charge in [0.05, 0.1) is 4.90 Å². The van der Waals surface area contributed by atoms with Gasteiger partial charge in [-0.15, -0.1) is 0 Å². The molecule has 1 atom stereocenters. The first-order chi connectivity index (χ1) is 9.45. The second-order valence-corrected chi connectivity index (χ2v) is 7.21. The van der Waals surface area contributed by atoms with Crippen molar-refractivity contribution in [1.29, 1.82) is 0 Å². The lowest BCUT2D eigenvalue weighted by atomic mass is 9.91. The Balaban J connectivity index is 2.07. The maximum Gasteiger partial charge on any atom is 0.243 e. The molecule has 0 saturated carbocycles. The highest BCUT2D eigenvalue weighted by Gasteiger charge is 2.30. The maximum atomic E-state index is 12.9. The Morgan fingerprint density at radius 2 is 1.80 bits per heavy atom. The fourth-order valence-corrected chi connectivity index (χ4v) is 4.08. The average molecular weight is 300 g/mol. The highest BCUT2D eigenvalue weighted by molar-refractivity contribution is 7.89. The zero-order valence-electron chi connectivity index (χ0n) is 11.8. The second kappa shape index (κ2) is 6.20. The standard InChI is InChI=1S/C14H21FN2O2S/c1-11(16-2)12-7-9-17(10-8-12)20(18,19)14-5-3-13(15)4-6-14/h3-6,11-12,16H,7-10H2,1-2H3. The van der Waals surface area contributed by atoms with Crippen LogP contribution in [0.2, 0.25) is 0 Å². The Labute approximate surface area is 120 Å². The molecule has 1 aromatic rings. The molecule has 4 nitrogen and oxygen atoms in total. The van der Waals surface area contributed by atoms with E-state index < -0.39 is 15.8 Å². The van der Waals surface area contributed by atoms with Crippen LogP contribution in [-0.4, -0.2) is 38.9 Å². The van der Waals surface area contributed by atoms with Crippen LogP contribution in [0.1, 0.15) is 19.8 Å². The summed E-state index contributed by atoms with van der Waals surface area (Å²) in [5.41, 5.74) is 0. The summed E-state index contributed by atoms with van der Waals surface area (Å²) in [4.78, 5) is 0.166. The summed E-state index contributed by atoms with van der Waals surface area (Å²) >= 11 is 0. The van der Waals surface area contributed by atoms with E-state index in [4.69, 9.17) is 0 Å². The minimum atomic E-state index is -3.49. The van der Waals surface area contributed by atoms with Gasteiger partial charge in [0.2, 0.25) is 10.0 Å². The predicted molar refractivity (Wildman–Crippen MR) is 76.4 cm³/mol. The third-order valence-corrected chi connectivity index (χ3v) is 6.03. The number of benzene rings is 1. The van der Waals surface area contributed by atoms with Crippen molar-refractivity contribution in [2.24, 2.45) is 5.92 Å². The van der Waals surface area contributed by atoms with E-state index in [-0.39, 0.29) is 4.90 Å². The van der Waals surface area contributed by atoms with E-state index in [0.29, 0.717) is 25.0 Å². The lowest BCUT2D eigenvalue weighted by Crippen LogP contribution is -2.43. The van der Waals surface area contributed by atoms with Gasteiger partial charge in [0.25, 0.3) is 0 Å². The van der Waals surface area contributed by atoms with Gasteiger partial charge in [-0.1, -0.05) is 0 Å². The van der Waals surface area contributed by atoms with Crippen molar-refractivity contribution in [2.75, 3.05) is 20.1 Å². The van der Waals surface area contributed by atoms with Gasteiger partial charge in [-0.05, 0) is 57.0 Å². The van der Waals surface area contributed by atoms with Crippen molar-refractivity contribution >= 4 is 10.0 Å². The minimum absolute atomic E-state index is 0.166.